The van der Waals surface area contributed by atoms with E-state index < -0.39 is 5.91 Å². The van der Waals surface area contributed by atoms with Gasteiger partial charge in [0.05, 0.1) is 22.8 Å². The SMILES string of the molecule is CN(C(=O)c1ccc(C(N)=O)cc1)c1cccc(N(c2nccc(-c3cccnc3)n2)c2ccccc2N)c1. The van der Waals surface area contributed by atoms with Crippen LogP contribution in [-0.2, 0) is 0 Å². The molecule has 2 heterocycles. The lowest BCUT2D eigenvalue weighted by atomic mass is 10.1. The van der Waals surface area contributed by atoms with Crippen LogP contribution >= 0.6 is 0 Å². The van der Waals surface area contributed by atoms with Crippen LogP contribution in [0, 0.1) is 0 Å². The largest absolute Gasteiger partial charge is 0.397 e. The first-order valence-corrected chi connectivity index (χ1v) is 12.1. The standard InChI is InChI=1S/C30H25N7O2/c1-36(29(39)21-13-11-20(12-14-21)28(32)38)23-7-4-8-24(18-23)37(27-10-3-2-9-25(27)31)30-34-17-15-26(35-30)22-6-5-16-33-19-22/h2-19H,31H2,1H3,(H2,32,38). The maximum absolute atomic E-state index is 13.2. The summed E-state index contributed by atoms with van der Waals surface area (Å²) in [6, 6.07) is 26.7. The number of hydrogen-bond donors (Lipinski definition) is 2. The minimum atomic E-state index is -0.551. The van der Waals surface area contributed by atoms with E-state index in [4.69, 9.17) is 16.5 Å². The Morgan fingerprint density at radius 1 is 0.795 bits per heavy atom. The topological polar surface area (TPSA) is 131 Å². The van der Waals surface area contributed by atoms with Crippen LogP contribution in [0.5, 0.6) is 0 Å². The highest BCUT2D eigenvalue weighted by Gasteiger charge is 2.21. The fraction of sp³-hybridized carbons (Fsp3) is 0.0333. The summed E-state index contributed by atoms with van der Waals surface area (Å²) < 4.78 is 0. The third-order valence-corrected chi connectivity index (χ3v) is 6.17. The van der Waals surface area contributed by atoms with Gasteiger partial charge < -0.3 is 16.4 Å². The Morgan fingerprint density at radius 3 is 2.26 bits per heavy atom. The van der Waals surface area contributed by atoms with E-state index in [1.54, 1.807) is 37.8 Å². The van der Waals surface area contributed by atoms with Crippen LogP contribution in [0.1, 0.15) is 20.7 Å². The first-order valence-electron chi connectivity index (χ1n) is 12.1. The van der Waals surface area contributed by atoms with Gasteiger partial charge in [-0.05, 0) is 72.8 Å². The molecule has 0 atom stereocenters. The van der Waals surface area contributed by atoms with Crippen molar-refractivity contribution in [3.05, 3.63) is 121 Å². The third kappa shape index (κ3) is 5.28. The lowest BCUT2D eigenvalue weighted by molar-refractivity contribution is 0.0984. The number of benzene rings is 3. The first kappa shape index (κ1) is 25.1. The molecule has 5 aromatic rings. The van der Waals surface area contributed by atoms with Crippen LogP contribution in [0.2, 0.25) is 0 Å². The van der Waals surface area contributed by atoms with E-state index in [-0.39, 0.29) is 5.91 Å². The summed E-state index contributed by atoms with van der Waals surface area (Å²) in [6.07, 6.45) is 5.13. The molecule has 0 aliphatic rings. The number of carbonyl (C=O) groups is 2. The molecule has 0 fully saturated rings. The van der Waals surface area contributed by atoms with Crippen LogP contribution < -0.4 is 21.3 Å². The van der Waals surface area contributed by atoms with Crippen LogP contribution in [0.4, 0.5) is 28.7 Å². The number of amides is 2. The first-order chi connectivity index (χ1) is 18.9. The highest BCUT2D eigenvalue weighted by Crippen LogP contribution is 2.37. The number of rotatable bonds is 7. The normalized spacial score (nSPS) is 10.6. The number of carbonyl (C=O) groups excluding carboxylic acids is 2. The van der Waals surface area contributed by atoms with Crippen molar-refractivity contribution in [2.24, 2.45) is 5.73 Å². The van der Waals surface area contributed by atoms with Crippen LogP contribution in [0.15, 0.2) is 110 Å². The molecule has 0 saturated heterocycles. The minimum Gasteiger partial charge on any atom is -0.397 e. The molecule has 0 radical (unpaired) electrons. The quantitative estimate of drug-likeness (QED) is 0.293. The van der Waals surface area contributed by atoms with Gasteiger partial charge in [0.25, 0.3) is 5.91 Å². The van der Waals surface area contributed by atoms with Crippen LogP contribution in [0.3, 0.4) is 0 Å². The number of anilines is 5. The van der Waals surface area contributed by atoms with Crippen molar-refractivity contribution in [1.29, 1.82) is 0 Å². The Hall–Kier alpha value is -5.57. The van der Waals surface area contributed by atoms with Gasteiger partial charge in [-0.3, -0.25) is 19.5 Å². The van der Waals surface area contributed by atoms with Gasteiger partial charge in [0.2, 0.25) is 11.9 Å². The van der Waals surface area contributed by atoms with Gasteiger partial charge >= 0.3 is 0 Å². The number of primary amides is 1. The van der Waals surface area contributed by atoms with Gasteiger partial charge in [-0.1, -0.05) is 18.2 Å². The van der Waals surface area contributed by atoms with E-state index in [1.807, 2.05) is 71.6 Å². The van der Waals surface area contributed by atoms with Gasteiger partial charge in [0.1, 0.15) is 0 Å². The number of pyridine rings is 1. The molecule has 0 aliphatic carbocycles. The molecule has 4 N–H and O–H groups in total. The zero-order chi connectivity index (χ0) is 27.4. The Balaban J connectivity index is 1.55. The maximum Gasteiger partial charge on any atom is 0.258 e. The van der Waals surface area contributed by atoms with Gasteiger partial charge in [-0.25, -0.2) is 9.97 Å². The van der Waals surface area contributed by atoms with Crippen molar-refractivity contribution >= 4 is 40.5 Å². The van der Waals surface area contributed by atoms with Crippen molar-refractivity contribution in [3.8, 4) is 11.3 Å². The van der Waals surface area contributed by atoms with E-state index in [2.05, 4.69) is 9.97 Å². The Morgan fingerprint density at radius 2 is 1.54 bits per heavy atom. The lowest BCUT2D eigenvalue weighted by Crippen LogP contribution is -2.26. The minimum absolute atomic E-state index is 0.247. The number of hydrogen-bond acceptors (Lipinski definition) is 7. The molecule has 39 heavy (non-hydrogen) atoms. The van der Waals surface area contributed by atoms with E-state index in [1.165, 1.54) is 17.0 Å². The second-order valence-electron chi connectivity index (χ2n) is 8.70. The molecule has 5 rings (SSSR count). The van der Waals surface area contributed by atoms with Crippen molar-refractivity contribution < 1.29 is 9.59 Å². The Kier molecular flexibility index (Phi) is 6.96. The van der Waals surface area contributed by atoms with Crippen molar-refractivity contribution in [3.63, 3.8) is 0 Å². The van der Waals surface area contributed by atoms with Crippen molar-refractivity contribution in [1.82, 2.24) is 15.0 Å². The maximum atomic E-state index is 13.2. The second kappa shape index (κ2) is 10.8. The smallest absolute Gasteiger partial charge is 0.258 e. The summed E-state index contributed by atoms with van der Waals surface area (Å²) >= 11 is 0. The zero-order valence-corrected chi connectivity index (χ0v) is 21.1. The molecule has 192 valence electrons. The van der Waals surface area contributed by atoms with Gasteiger partial charge in [0, 0.05) is 48.0 Å². The van der Waals surface area contributed by atoms with Gasteiger partial charge in [-0.15, -0.1) is 0 Å². The van der Waals surface area contributed by atoms with E-state index >= 15 is 0 Å². The molecule has 0 saturated carbocycles. The second-order valence-corrected chi connectivity index (χ2v) is 8.70. The Bertz CT molecular complexity index is 1640. The average molecular weight is 516 g/mol. The molecule has 0 spiro atoms. The van der Waals surface area contributed by atoms with Gasteiger partial charge in [-0.2, -0.15) is 0 Å². The molecular formula is C30H25N7O2. The van der Waals surface area contributed by atoms with Crippen LogP contribution in [0.25, 0.3) is 11.3 Å². The molecule has 3 aromatic carbocycles. The molecule has 2 amide bonds. The summed E-state index contributed by atoms with van der Waals surface area (Å²) in [5, 5.41) is 0. The van der Waals surface area contributed by atoms with Gasteiger partial charge in [0.15, 0.2) is 0 Å². The molecule has 9 nitrogen and oxygen atoms in total. The molecule has 0 aliphatic heterocycles. The number of nitrogens with zero attached hydrogens (tertiary/aromatic N) is 5. The average Bonchev–Trinajstić information content (AvgIpc) is 2.98. The van der Waals surface area contributed by atoms with Crippen molar-refractivity contribution in [2.45, 2.75) is 0 Å². The van der Waals surface area contributed by atoms with E-state index in [9.17, 15) is 9.59 Å². The summed E-state index contributed by atoms with van der Waals surface area (Å²) in [5.74, 6) is -0.392. The van der Waals surface area contributed by atoms with E-state index in [0.29, 0.717) is 45.5 Å². The number of nitrogen functional groups attached to an aromatic ring is 1. The fourth-order valence-electron chi connectivity index (χ4n) is 4.11. The fourth-order valence-corrected chi connectivity index (χ4v) is 4.11. The molecular weight excluding hydrogens is 490 g/mol. The monoisotopic (exact) mass is 515 g/mol. The molecule has 2 aromatic heterocycles. The summed E-state index contributed by atoms with van der Waals surface area (Å²) in [6.45, 7) is 0. The lowest BCUT2D eigenvalue weighted by Gasteiger charge is -2.26. The Labute approximate surface area is 225 Å². The number of aromatic nitrogens is 3. The zero-order valence-electron chi connectivity index (χ0n) is 21.1. The van der Waals surface area contributed by atoms with Crippen LogP contribution in [-0.4, -0.2) is 33.8 Å². The van der Waals surface area contributed by atoms with E-state index in [0.717, 1.165) is 5.56 Å². The predicted molar refractivity (Wildman–Crippen MR) is 152 cm³/mol. The third-order valence-electron chi connectivity index (χ3n) is 6.17. The highest BCUT2D eigenvalue weighted by atomic mass is 16.2. The summed E-state index contributed by atoms with van der Waals surface area (Å²) in [4.78, 5) is 41.6. The number of nitrogens with two attached hydrogens (primary N) is 2. The highest BCUT2D eigenvalue weighted by molar-refractivity contribution is 6.06. The van der Waals surface area contributed by atoms with Crippen molar-refractivity contribution in [2.75, 3.05) is 22.6 Å². The summed E-state index contributed by atoms with van der Waals surface area (Å²) in [7, 11) is 1.68. The predicted octanol–water partition coefficient (Wildman–Crippen LogP) is 4.97. The number of para-hydroxylation sites is 2. The molecule has 0 bridgehead atoms. The molecule has 0 unspecified atom stereocenters. The summed E-state index contributed by atoms with van der Waals surface area (Å²) in [5.41, 5.74) is 16.6. The molecule has 9 heteroatoms.